The third-order valence-electron chi connectivity index (χ3n) is 5.66. The Kier molecular flexibility index (Phi) is 10.8. The van der Waals surface area contributed by atoms with Crippen molar-refractivity contribution in [3.8, 4) is 0 Å². The Bertz CT molecular complexity index is 2290. The van der Waals surface area contributed by atoms with Crippen LogP contribution in [0.15, 0.2) is 90.9 Å². The van der Waals surface area contributed by atoms with E-state index in [0.717, 1.165) is 24.3 Å². The van der Waals surface area contributed by atoms with Crippen LogP contribution in [0.25, 0.3) is 0 Å². The number of primary amides is 1. The lowest BCUT2D eigenvalue weighted by atomic mass is 10.2. The van der Waals surface area contributed by atoms with Crippen molar-refractivity contribution in [1.29, 1.82) is 0 Å². The molecule has 0 atom stereocenters. The molecule has 0 spiro atoms. The number of urea groups is 1. The Balaban J connectivity index is 1.58. The molecule has 0 aliphatic carbocycles. The van der Waals surface area contributed by atoms with E-state index in [-0.39, 0.29) is 57.5 Å². The van der Waals surface area contributed by atoms with Gasteiger partial charge in [0.1, 0.15) is 16.3 Å². The molecule has 25 heteroatoms. The highest BCUT2D eigenvalue weighted by atomic mass is 32.2. The van der Waals surface area contributed by atoms with Crippen LogP contribution in [-0.4, -0.2) is 72.2 Å². The van der Waals surface area contributed by atoms with Crippen molar-refractivity contribution in [3.05, 3.63) is 66.7 Å². The minimum atomic E-state index is -4.90. The maximum absolute atomic E-state index is 14.0. The van der Waals surface area contributed by atoms with Gasteiger partial charge in [0.15, 0.2) is 0 Å². The lowest BCUT2D eigenvalue weighted by Crippen LogP contribution is -2.19. The van der Waals surface area contributed by atoms with Gasteiger partial charge in [-0.1, -0.05) is 0 Å². The molecule has 2 amide bonds. The van der Waals surface area contributed by atoms with Gasteiger partial charge < -0.3 is 21.7 Å². The number of halogens is 1. The van der Waals surface area contributed by atoms with Gasteiger partial charge in [0, 0.05) is 12.2 Å². The summed E-state index contributed by atoms with van der Waals surface area (Å²) in [5, 5.41) is 22.8. The smallest absolute Gasteiger partial charge is 0.316 e. The first-order chi connectivity index (χ1) is 22.9. The van der Waals surface area contributed by atoms with E-state index in [2.05, 4.69) is 51.4 Å². The van der Waals surface area contributed by atoms with Crippen LogP contribution >= 0.6 is 0 Å². The molecular formula is C24H22FN11O10S3. The molecule has 0 aliphatic heterocycles. The average molecular weight is 740 g/mol. The van der Waals surface area contributed by atoms with Crippen molar-refractivity contribution in [1.82, 2.24) is 15.0 Å². The topological polar surface area (TPSA) is 330 Å². The second-order valence-electron chi connectivity index (χ2n) is 9.31. The highest BCUT2D eigenvalue weighted by molar-refractivity contribution is 7.86. The Morgan fingerprint density at radius 2 is 1.37 bits per heavy atom. The van der Waals surface area contributed by atoms with Crippen molar-refractivity contribution < 1.29 is 48.1 Å². The lowest BCUT2D eigenvalue weighted by Gasteiger charge is -2.11. The SMILES string of the molecule is NC(=O)Nc1cc(Nc2nc(F)nc(NCCS(=O)(=O)O)n2)ccc1N=Nc1ccc(N=Nc2ccc(S(=O)(=O)O)cc2)cc1S(=O)(=O)O. The van der Waals surface area contributed by atoms with Gasteiger partial charge in [0.25, 0.3) is 30.4 Å². The summed E-state index contributed by atoms with van der Waals surface area (Å²) < 4.78 is 110. The number of azo groups is 2. The molecular weight excluding hydrogens is 718 g/mol. The first-order valence-corrected chi connectivity index (χ1v) is 17.5. The Labute approximate surface area is 275 Å². The zero-order valence-corrected chi connectivity index (χ0v) is 26.6. The first-order valence-electron chi connectivity index (χ1n) is 13.0. The van der Waals surface area contributed by atoms with Crippen LogP contribution < -0.4 is 21.7 Å². The van der Waals surface area contributed by atoms with Crippen LogP contribution in [0.3, 0.4) is 0 Å². The lowest BCUT2D eigenvalue weighted by molar-refractivity contribution is 0.259. The number of hydrogen-bond donors (Lipinski definition) is 7. The van der Waals surface area contributed by atoms with E-state index >= 15 is 0 Å². The molecule has 8 N–H and O–H groups in total. The maximum Gasteiger partial charge on any atom is 0.316 e. The van der Waals surface area contributed by atoms with E-state index in [1.165, 1.54) is 36.4 Å². The summed E-state index contributed by atoms with van der Waals surface area (Å²) in [5.74, 6) is -1.43. The molecule has 49 heavy (non-hydrogen) atoms. The normalized spacial score (nSPS) is 12.3. The number of amides is 2. The quantitative estimate of drug-likeness (QED) is 0.0756. The Hall–Kier alpha value is -5.60. The van der Waals surface area contributed by atoms with Gasteiger partial charge in [-0.3, -0.25) is 13.7 Å². The summed E-state index contributed by atoms with van der Waals surface area (Å²) in [4.78, 5) is 21.3. The summed E-state index contributed by atoms with van der Waals surface area (Å²) in [7, 11) is -13.6. The van der Waals surface area contributed by atoms with Gasteiger partial charge in [-0.25, -0.2) is 4.79 Å². The molecule has 0 bridgehead atoms. The molecule has 4 rings (SSSR count). The number of carbonyl (C=O) groups is 1. The molecule has 0 aliphatic rings. The second-order valence-corrected chi connectivity index (χ2v) is 13.7. The van der Waals surface area contributed by atoms with Crippen molar-refractivity contribution >= 4 is 82.4 Å². The highest BCUT2D eigenvalue weighted by Crippen LogP contribution is 2.34. The predicted molar refractivity (Wildman–Crippen MR) is 168 cm³/mol. The summed E-state index contributed by atoms with van der Waals surface area (Å²) >= 11 is 0. The van der Waals surface area contributed by atoms with Gasteiger partial charge in [0.05, 0.1) is 27.7 Å². The van der Waals surface area contributed by atoms with E-state index < -0.39 is 53.1 Å². The summed E-state index contributed by atoms with van der Waals surface area (Å²) in [5.41, 5.74) is 4.95. The van der Waals surface area contributed by atoms with E-state index in [0.29, 0.717) is 0 Å². The number of nitrogens with one attached hydrogen (secondary N) is 3. The summed E-state index contributed by atoms with van der Waals surface area (Å²) in [6.07, 6.45) is -1.25. The third-order valence-corrected chi connectivity index (χ3v) is 8.13. The maximum atomic E-state index is 14.0. The molecule has 0 unspecified atom stereocenters. The molecule has 3 aromatic carbocycles. The van der Waals surface area contributed by atoms with Crippen LogP contribution in [0.5, 0.6) is 0 Å². The molecule has 0 radical (unpaired) electrons. The van der Waals surface area contributed by atoms with Crippen molar-refractivity contribution in [3.63, 3.8) is 0 Å². The monoisotopic (exact) mass is 739 g/mol. The van der Waals surface area contributed by atoms with Crippen molar-refractivity contribution in [2.24, 2.45) is 26.2 Å². The Morgan fingerprint density at radius 1 is 0.755 bits per heavy atom. The third kappa shape index (κ3) is 11.0. The molecule has 0 saturated carbocycles. The molecule has 258 valence electrons. The van der Waals surface area contributed by atoms with E-state index in [4.69, 9.17) is 14.8 Å². The van der Waals surface area contributed by atoms with Gasteiger partial charge in [0.2, 0.25) is 11.9 Å². The zero-order valence-electron chi connectivity index (χ0n) is 24.2. The standard InChI is InChI=1S/C24H22FN11O10S3/c25-21-30-23(27-9-10-47(38,39)40)32-24(31-21)28-14-3-7-17(19(11-14)29-22(26)37)35-36-18-8-4-15(12-20(18)49(44,45)46)34-33-13-1-5-16(6-2-13)48(41,42)43/h1-8,11-12H,9-10H2,(H3,26,29,37)(H,38,39,40)(H,41,42,43)(H,44,45,46)(H2,27,28,30,31,32). The van der Waals surface area contributed by atoms with Crippen molar-refractivity contribution in [2.45, 2.75) is 9.79 Å². The van der Waals surface area contributed by atoms with Gasteiger partial charge in [-0.05, 0) is 60.7 Å². The number of rotatable bonds is 13. The molecule has 4 aromatic rings. The number of hydrogen-bond acceptors (Lipinski definition) is 16. The minimum Gasteiger partial charge on any atom is -0.353 e. The number of nitrogens with two attached hydrogens (primary N) is 1. The van der Waals surface area contributed by atoms with Gasteiger partial charge in [-0.2, -0.15) is 54.8 Å². The molecule has 1 heterocycles. The summed E-state index contributed by atoms with van der Waals surface area (Å²) in [6, 6.07) is 10.8. The number of aromatic nitrogens is 3. The van der Waals surface area contributed by atoms with Crippen LogP contribution in [0, 0.1) is 6.08 Å². The van der Waals surface area contributed by atoms with E-state index in [1.54, 1.807) is 0 Å². The number of anilines is 4. The molecule has 0 saturated heterocycles. The molecule has 0 fully saturated rings. The van der Waals surface area contributed by atoms with Crippen LogP contribution in [0.1, 0.15) is 0 Å². The van der Waals surface area contributed by atoms with Crippen LogP contribution in [0.4, 0.5) is 55.2 Å². The Morgan fingerprint density at radius 3 is 2.00 bits per heavy atom. The van der Waals surface area contributed by atoms with E-state index in [1.807, 2.05) is 0 Å². The van der Waals surface area contributed by atoms with Crippen molar-refractivity contribution in [2.75, 3.05) is 28.2 Å². The number of benzene rings is 3. The highest BCUT2D eigenvalue weighted by Gasteiger charge is 2.18. The fraction of sp³-hybridized carbons (Fsp3) is 0.0833. The number of carbonyl (C=O) groups excluding carboxylic acids is 1. The largest absolute Gasteiger partial charge is 0.353 e. The fourth-order valence-electron chi connectivity index (χ4n) is 3.60. The predicted octanol–water partition coefficient (Wildman–Crippen LogP) is 3.87. The van der Waals surface area contributed by atoms with Crippen LogP contribution in [0.2, 0.25) is 0 Å². The fourth-order valence-corrected chi connectivity index (χ4v) is 5.08. The van der Waals surface area contributed by atoms with E-state index in [9.17, 15) is 39.0 Å². The first kappa shape index (κ1) is 36.2. The summed E-state index contributed by atoms with van der Waals surface area (Å²) in [6.45, 7) is -0.351. The van der Waals surface area contributed by atoms with Gasteiger partial charge in [-0.15, -0.1) is 10.2 Å². The second kappa shape index (κ2) is 14.7. The molecule has 21 nitrogen and oxygen atoms in total. The zero-order chi connectivity index (χ0) is 36.0. The average Bonchev–Trinajstić information content (AvgIpc) is 2.98. The molecule has 1 aromatic heterocycles. The number of nitrogens with zero attached hydrogens (tertiary/aromatic N) is 7. The minimum absolute atomic E-state index is 0.0662. The van der Waals surface area contributed by atoms with Crippen LogP contribution in [-0.2, 0) is 30.4 Å². The van der Waals surface area contributed by atoms with Gasteiger partial charge >= 0.3 is 12.1 Å².